The lowest BCUT2D eigenvalue weighted by molar-refractivity contribution is -0.143. The number of nitrogens with zero attached hydrogens (tertiary/aromatic N) is 1. The fraction of sp³-hybridized carbons (Fsp3) is 0.677. The first-order valence-corrected chi connectivity index (χ1v) is 14.5. The largest absolute Gasteiger partial charge is 0.459 e. The van der Waals surface area contributed by atoms with Crippen molar-refractivity contribution in [2.45, 2.75) is 104 Å². The number of hydrogen-bond acceptors (Lipinski definition) is 5. The molecule has 1 aromatic rings. The van der Waals surface area contributed by atoms with Crippen LogP contribution in [0.2, 0.25) is 0 Å². The molecule has 1 N–H and O–H groups in total. The third-order valence-corrected chi connectivity index (χ3v) is 9.10. The van der Waals surface area contributed by atoms with Gasteiger partial charge in [-0.25, -0.2) is 0 Å². The Kier molecular flexibility index (Phi) is 8.06. The number of carbonyl (C=O) groups excluding carboxylic acids is 2. The van der Waals surface area contributed by atoms with Crippen molar-refractivity contribution < 1.29 is 23.8 Å². The number of amides is 2. The molecule has 202 valence electrons. The lowest BCUT2D eigenvalue weighted by Crippen LogP contribution is -2.42. The molecule has 1 saturated carbocycles. The number of allylic oxidation sites excluding steroid dienone is 2. The summed E-state index contributed by atoms with van der Waals surface area (Å²) in [6, 6.07) is 3.82. The number of likely N-dealkylation sites (tertiary alicyclic amines) is 1. The van der Waals surface area contributed by atoms with Crippen LogP contribution in [-0.2, 0) is 20.9 Å². The van der Waals surface area contributed by atoms with E-state index in [0.29, 0.717) is 24.7 Å². The molecule has 2 amide bonds. The van der Waals surface area contributed by atoms with E-state index in [1.807, 2.05) is 12.1 Å². The molecular formula is C31H43NO5. The maximum Gasteiger partial charge on any atom is 0.234 e. The van der Waals surface area contributed by atoms with Gasteiger partial charge in [-0.05, 0) is 68.2 Å². The zero-order valence-electron chi connectivity index (χ0n) is 22.7. The molecule has 6 heteroatoms. The molecule has 5 rings (SSSR count). The van der Waals surface area contributed by atoms with Gasteiger partial charge in [0, 0.05) is 12.0 Å². The van der Waals surface area contributed by atoms with Gasteiger partial charge in [0.1, 0.15) is 18.1 Å². The Hall–Kier alpha value is -2.18. The predicted octanol–water partition coefficient (Wildman–Crippen LogP) is 6.04. The van der Waals surface area contributed by atoms with E-state index in [0.717, 1.165) is 57.1 Å². The summed E-state index contributed by atoms with van der Waals surface area (Å²) in [5.74, 6) is 1.41. The highest BCUT2D eigenvalue weighted by Gasteiger charge is 2.58. The maximum atomic E-state index is 13.7. The number of aliphatic hydroxyl groups excluding tert-OH is 1. The van der Waals surface area contributed by atoms with Gasteiger partial charge in [-0.15, -0.1) is 0 Å². The van der Waals surface area contributed by atoms with Crippen LogP contribution in [0.1, 0.15) is 96.5 Å². The van der Waals surface area contributed by atoms with Crippen molar-refractivity contribution in [2.24, 2.45) is 23.7 Å². The molecule has 2 aliphatic heterocycles. The van der Waals surface area contributed by atoms with Crippen molar-refractivity contribution >= 4 is 17.9 Å². The molecule has 2 saturated heterocycles. The van der Waals surface area contributed by atoms with Crippen molar-refractivity contribution in [3.05, 3.63) is 40.4 Å². The van der Waals surface area contributed by atoms with Gasteiger partial charge >= 0.3 is 0 Å². The van der Waals surface area contributed by atoms with E-state index < -0.39 is 0 Å². The first-order chi connectivity index (χ1) is 17.9. The van der Waals surface area contributed by atoms with Crippen molar-refractivity contribution in [3.63, 3.8) is 0 Å². The van der Waals surface area contributed by atoms with E-state index in [2.05, 4.69) is 26.8 Å². The molecule has 0 aromatic carbocycles. The van der Waals surface area contributed by atoms with Crippen molar-refractivity contribution in [2.75, 3.05) is 6.61 Å². The minimum absolute atomic E-state index is 0.000146. The van der Waals surface area contributed by atoms with Crippen LogP contribution in [0.3, 0.4) is 0 Å². The van der Waals surface area contributed by atoms with Crippen LogP contribution in [0, 0.1) is 23.7 Å². The molecule has 2 aliphatic carbocycles. The van der Waals surface area contributed by atoms with Crippen molar-refractivity contribution in [1.82, 2.24) is 4.90 Å². The molecular weight excluding hydrogens is 466 g/mol. The molecule has 0 unspecified atom stereocenters. The average Bonchev–Trinajstić information content (AvgIpc) is 3.59. The van der Waals surface area contributed by atoms with E-state index in [1.165, 1.54) is 23.1 Å². The van der Waals surface area contributed by atoms with Gasteiger partial charge in [0.05, 0.1) is 24.5 Å². The summed E-state index contributed by atoms with van der Waals surface area (Å²) >= 11 is 0. The molecule has 3 heterocycles. The van der Waals surface area contributed by atoms with Crippen LogP contribution in [0.4, 0.5) is 0 Å². The highest BCUT2D eigenvalue weighted by molar-refractivity contribution is 6.06. The number of fused-ring (bicyclic) bond motifs is 3. The van der Waals surface area contributed by atoms with Crippen LogP contribution in [0.5, 0.6) is 0 Å². The second-order valence-electron chi connectivity index (χ2n) is 11.8. The first kappa shape index (κ1) is 26.4. The number of aliphatic hydroxyl groups is 1. The Labute approximate surface area is 221 Å². The van der Waals surface area contributed by atoms with Gasteiger partial charge in [0.15, 0.2) is 0 Å². The summed E-state index contributed by atoms with van der Waals surface area (Å²) in [5, 5.41) is 9.32. The molecule has 6 nitrogen and oxygen atoms in total. The molecule has 1 aromatic heterocycles. The SMILES string of the molecule is CCC/C(=C\c1ccc(CO)o1)CC[C@H]1OC[C@H]2C1=C(C(C)C)C[C@H]1C(=O)N(C3CCCCC3)C(=O)[C@H]12. The monoisotopic (exact) mass is 509 g/mol. The first-order valence-electron chi connectivity index (χ1n) is 14.5. The van der Waals surface area contributed by atoms with Gasteiger partial charge < -0.3 is 14.3 Å². The molecule has 4 aliphatic rings. The number of furan rings is 1. The number of ether oxygens (including phenoxy) is 1. The predicted molar refractivity (Wildman–Crippen MR) is 142 cm³/mol. The molecule has 37 heavy (non-hydrogen) atoms. The lowest BCUT2D eigenvalue weighted by atomic mass is 9.67. The highest BCUT2D eigenvalue weighted by atomic mass is 16.5. The van der Waals surface area contributed by atoms with E-state index in [9.17, 15) is 14.7 Å². The Morgan fingerprint density at radius 2 is 1.89 bits per heavy atom. The van der Waals surface area contributed by atoms with E-state index >= 15 is 0 Å². The average molecular weight is 510 g/mol. The van der Waals surface area contributed by atoms with E-state index in [4.69, 9.17) is 9.15 Å². The third-order valence-electron chi connectivity index (χ3n) is 9.10. The van der Waals surface area contributed by atoms with Crippen molar-refractivity contribution in [1.29, 1.82) is 0 Å². The zero-order chi connectivity index (χ0) is 26.1. The summed E-state index contributed by atoms with van der Waals surface area (Å²) < 4.78 is 12.1. The second kappa shape index (κ2) is 11.3. The van der Waals surface area contributed by atoms with Crippen LogP contribution < -0.4 is 0 Å². The van der Waals surface area contributed by atoms with Gasteiger partial charge in [-0.3, -0.25) is 14.5 Å². The number of rotatable bonds is 9. The van der Waals surface area contributed by atoms with Gasteiger partial charge in [-0.2, -0.15) is 0 Å². The molecule has 4 atom stereocenters. The van der Waals surface area contributed by atoms with Crippen LogP contribution >= 0.6 is 0 Å². The van der Waals surface area contributed by atoms with Crippen LogP contribution in [0.25, 0.3) is 6.08 Å². The fourth-order valence-corrected chi connectivity index (χ4v) is 7.35. The van der Waals surface area contributed by atoms with Crippen LogP contribution in [-0.4, -0.2) is 40.6 Å². The highest BCUT2D eigenvalue weighted by Crippen LogP contribution is 2.52. The molecule has 0 spiro atoms. The summed E-state index contributed by atoms with van der Waals surface area (Å²) in [6.45, 7) is 7.06. The van der Waals surface area contributed by atoms with Crippen molar-refractivity contribution in [3.8, 4) is 0 Å². The minimum atomic E-state index is -0.248. The van der Waals surface area contributed by atoms with Gasteiger partial charge in [0.25, 0.3) is 0 Å². The molecule has 3 fully saturated rings. The Morgan fingerprint density at radius 1 is 1.11 bits per heavy atom. The lowest BCUT2D eigenvalue weighted by Gasteiger charge is -2.33. The van der Waals surface area contributed by atoms with Gasteiger partial charge in [-0.1, -0.05) is 57.6 Å². The van der Waals surface area contributed by atoms with E-state index in [1.54, 1.807) is 4.90 Å². The molecule has 0 radical (unpaired) electrons. The third kappa shape index (κ3) is 5.12. The summed E-state index contributed by atoms with van der Waals surface area (Å²) in [5.41, 5.74) is 3.98. The summed E-state index contributed by atoms with van der Waals surface area (Å²) in [4.78, 5) is 29.0. The minimum Gasteiger partial charge on any atom is -0.459 e. The summed E-state index contributed by atoms with van der Waals surface area (Å²) in [6.07, 6.45) is 11.9. The van der Waals surface area contributed by atoms with E-state index in [-0.39, 0.29) is 48.3 Å². The Bertz CT molecular complexity index is 1060. The second-order valence-corrected chi connectivity index (χ2v) is 11.8. The van der Waals surface area contributed by atoms with Gasteiger partial charge in [0.2, 0.25) is 11.8 Å². The standard InChI is InChI=1S/C31H43NO5/c1-4-8-20(15-22-12-13-23(17-33)37-22)11-14-27-28-24(19(2)3)16-25-29(26(28)18-36-27)31(35)32(30(25)34)21-9-6-5-7-10-21/h12-13,15,19,21,25-27,29,33H,4-11,14,16-18H2,1-3H3/b20-15+/t25-,26+,27-,29-/m1/s1. The smallest absolute Gasteiger partial charge is 0.234 e. The summed E-state index contributed by atoms with van der Waals surface area (Å²) in [7, 11) is 0. The maximum absolute atomic E-state index is 13.7. The number of hydrogen-bond donors (Lipinski definition) is 1. The molecule has 0 bridgehead atoms. The normalized spacial score (nSPS) is 29.0. The Morgan fingerprint density at radius 3 is 2.57 bits per heavy atom. The fourth-order valence-electron chi connectivity index (χ4n) is 7.35. The van der Waals surface area contributed by atoms with Crippen LogP contribution in [0.15, 0.2) is 33.3 Å². The quantitative estimate of drug-likeness (QED) is 0.324. The number of carbonyl (C=O) groups is 2. The Balaban J connectivity index is 1.36. The topological polar surface area (TPSA) is 80.0 Å². The number of imide groups is 1. The zero-order valence-corrected chi connectivity index (χ0v) is 22.7.